The third-order valence-corrected chi connectivity index (χ3v) is 0.726. The summed E-state index contributed by atoms with van der Waals surface area (Å²) in [5.41, 5.74) is 0.434. The van der Waals surface area contributed by atoms with Crippen LogP contribution in [0.5, 0.6) is 0 Å². The Balaban J connectivity index is -0.0000000496. The minimum atomic E-state index is -0.335. The summed E-state index contributed by atoms with van der Waals surface area (Å²) in [4.78, 5) is 10.6. The van der Waals surface area contributed by atoms with E-state index in [9.17, 15) is 4.79 Å². The molecule has 0 aliphatic carbocycles. The van der Waals surface area contributed by atoms with Crippen molar-refractivity contribution in [2.24, 2.45) is 0 Å². The molecular weight excluding hydrogens is 275 g/mol. The van der Waals surface area contributed by atoms with Gasteiger partial charge in [0.05, 0.1) is 6.61 Å². The van der Waals surface area contributed by atoms with Crippen LogP contribution in [0.1, 0.15) is 13.3 Å². The smallest absolute Gasteiger partial charge is 0.465 e. The predicted molar refractivity (Wildman–Crippen MR) is 58.4 cm³/mol. The molecule has 5 heteroatoms. The van der Waals surface area contributed by atoms with Crippen LogP contribution < -0.4 is 0 Å². The molecule has 0 aromatic carbocycles. The zero-order valence-electron chi connectivity index (χ0n) is 10.0. The molecule has 90 valence electrons. The fourth-order valence-electron chi connectivity index (χ4n) is 0.288. The van der Waals surface area contributed by atoms with Crippen molar-refractivity contribution in [3.8, 4) is 0 Å². The van der Waals surface area contributed by atoms with Crippen molar-refractivity contribution in [1.82, 2.24) is 0 Å². The van der Waals surface area contributed by atoms with E-state index in [-0.39, 0.29) is 39.6 Å². The SMILES string of the molecule is C=C(C)C(=O)OCC[CH2-].CO.CO.[CH3-].[Zr+2]. The first kappa shape index (κ1) is 29.4. The monoisotopic (exact) mass is 296 g/mol. The van der Waals surface area contributed by atoms with E-state index < -0.39 is 0 Å². The minimum Gasteiger partial charge on any atom is -0.465 e. The Kier molecular flexibility index (Phi) is 57.3. The standard InChI is InChI=1S/C7H11O2.2CH4O.CH3.Zr/c1-4-5-9-7(8)6(2)3;2*1-2;;/h1-2,4-5H2,3H3;2*2H,1H3;1H3;/q-1;;;-1;+2. The molecule has 2 N–H and O–H groups in total. The second-order valence-corrected chi connectivity index (χ2v) is 1.77. The molecule has 0 fully saturated rings. The van der Waals surface area contributed by atoms with Gasteiger partial charge >= 0.3 is 32.2 Å². The van der Waals surface area contributed by atoms with Crippen LogP contribution in [-0.2, 0) is 35.7 Å². The summed E-state index contributed by atoms with van der Waals surface area (Å²) in [6.07, 6.45) is 0.610. The first-order valence-electron chi connectivity index (χ1n) is 3.69. The molecule has 15 heavy (non-hydrogen) atoms. The summed E-state index contributed by atoms with van der Waals surface area (Å²) in [6.45, 7) is 8.92. The molecule has 0 aliphatic heterocycles. The van der Waals surface area contributed by atoms with Crippen LogP contribution >= 0.6 is 0 Å². The van der Waals surface area contributed by atoms with E-state index in [0.29, 0.717) is 18.6 Å². The van der Waals surface area contributed by atoms with Crippen LogP contribution in [0.3, 0.4) is 0 Å². The summed E-state index contributed by atoms with van der Waals surface area (Å²) >= 11 is 0. The molecule has 0 bridgehead atoms. The molecule has 4 nitrogen and oxygen atoms in total. The fraction of sp³-hybridized carbons (Fsp3) is 0.500. The number of rotatable bonds is 3. The molecule has 0 spiro atoms. The van der Waals surface area contributed by atoms with Gasteiger partial charge in [0.2, 0.25) is 0 Å². The Morgan fingerprint density at radius 2 is 1.67 bits per heavy atom. The van der Waals surface area contributed by atoms with Gasteiger partial charge in [-0.3, -0.25) is 0 Å². The number of hydrogen-bond donors (Lipinski definition) is 2. The first-order chi connectivity index (χ1) is 6.18. The Morgan fingerprint density at radius 3 is 1.87 bits per heavy atom. The van der Waals surface area contributed by atoms with Gasteiger partial charge in [0.1, 0.15) is 0 Å². The summed E-state index contributed by atoms with van der Waals surface area (Å²) in [6, 6.07) is 0. The maximum atomic E-state index is 10.6. The van der Waals surface area contributed by atoms with E-state index in [2.05, 4.69) is 18.2 Å². The van der Waals surface area contributed by atoms with Crippen LogP contribution in [0.25, 0.3) is 0 Å². The second-order valence-electron chi connectivity index (χ2n) is 1.77. The van der Waals surface area contributed by atoms with E-state index in [1.165, 1.54) is 0 Å². The van der Waals surface area contributed by atoms with Crippen molar-refractivity contribution in [3.63, 3.8) is 0 Å². The van der Waals surface area contributed by atoms with Crippen LogP contribution in [-0.4, -0.2) is 37.0 Å². The van der Waals surface area contributed by atoms with Crippen molar-refractivity contribution < 1.29 is 45.9 Å². The normalized spacial score (nSPS) is 6.00. The number of carbonyl (C=O) groups excluding carboxylic acids is 1. The van der Waals surface area contributed by atoms with Gasteiger partial charge in [-0.05, 0) is 6.92 Å². The second kappa shape index (κ2) is 29.2. The van der Waals surface area contributed by atoms with E-state index in [1.54, 1.807) is 6.92 Å². The average Bonchev–Trinajstić information content (AvgIpc) is 2.20. The zero-order valence-corrected chi connectivity index (χ0v) is 12.5. The number of aliphatic hydroxyl groups is 2. The maximum absolute atomic E-state index is 10.6. The van der Waals surface area contributed by atoms with Gasteiger partial charge in [0.15, 0.2) is 0 Å². The molecule has 0 aromatic heterocycles. The Hall–Kier alpha value is 0.0131. The van der Waals surface area contributed by atoms with Crippen molar-refractivity contribution in [2.45, 2.75) is 13.3 Å². The van der Waals surface area contributed by atoms with Gasteiger partial charge in [-0.1, -0.05) is 6.58 Å². The largest absolute Gasteiger partial charge is 2.00 e. The topological polar surface area (TPSA) is 66.8 Å². The third kappa shape index (κ3) is 31.5. The Morgan fingerprint density at radius 1 is 1.33 bits per heavy atom. The summed E-state index contributed by atoms with van der Waals surface area (Å²) < 4.78 is 4.65. The molecule has 0 atom stereocenters. The van der Waals surface area contributed by atoms with Crippen LogP contribution in [0.2, 0.25) is 0 Å². The molecular formula is C10H22O4Zr. The quantitative estimate of drug-likeness (QED) is 0.463. The molecule has 0 amide bonds. The van der Waals surface area contributed by atoms with E-state index in [4.69, 9.17) is 10.2 Å². The van der Waals surface area contributed by atoms with Gasteiger partial charge < -0.3 is 29.3 Å². The predicted octanol–water partition coefficient (Wildman–Crippen LogP) is 0.995. The fourth-order valence-corrected chi connectivity index (χ4v) is 0.288. The molecule has 0 rings (SSSR count). The van der Waals surface area contributed by atoms with Gasteiger partial charge in [-0.2, -0.15) is 0 Å². The molecule has 0 heterocycles. The van der Waals surface area contributed by atoms with Crippen molar-refractivity contribution >= 4 is 5.97 Å². The van der Waals surface area contributed by atoms with Crippen molar-refractivity contribution in [1.29, 1.82) is 0 Å². The number of carbonyl (C=O) groups is 1. The van der Waals surface area contributed by atoms with Crippen molar-refractivity contribution in [3.05, 3.63) is 26.5 Å². The van der Waals surface area contributed by atoms with Crippen LogP contribution in [0.15, 0.2) is 12.2 Å². The number of hydrogen-bond acceptors (Lipinski definition) is 4. The van der Waals surface area contributed by atoms with E-state index in [1.807, 2.05) is 0 Å². The van der Waals surface area contributed by atoms with Gasteiger partial charge in [0, 0.05) is 19.8 Å². The van der Waals surface area contributed by atoms with E-state index >= 15 is 0 Å². The first-order valence-corrected chi connectivity index (χ1v) is 3.69. The van der Waals surface area contributed by atoms with Gasteiger partial charge in [-0.15, -0.1) is 6.42 Å². The zero-order chi connectivity index (χ0) is 11.3. The van der Waals surface area contributed by atoms with Gasteiger partial charge in [-0.25, -0.2) is 4.79 Å². The maximum Gasteiger partial charge on any atom is 2.00 e. The van der Waals surface area contributed by atoms with E-state index in [0.717, 1.165) is 14.2 Å². The number of aliphatic hydroxyl groups excluding tert-OH is 2. The van der Waals surface area contributed by atoms with Crippen LogP contribution in [0, 0.1) is 14.4 Å². The van der Waals surface area contributed by atoms with Gasteiger partial charge in [0.25, 0.3) is 0 Å². The molecule has 0 aromatic rings. The molecule has 0 radical (unpaired) electrons. The summed E-state index contributed by atoms with van der Waals surface area (Å²) in [5, 5.41) is 14.0. The Labute approximate surface area is 112 Å². The molecule has 0 saturated carbocycles. The number of esters is 1. The third-order valence-electron chi connectivity index (χ3n) is 0.726. The molecule has 0 unspecified atom stereocenters. The van der Waals surface area contributed by atoms with Crippen LogP contribution in [0.4, 0.5) is 0 Å². The molecule has 0 saturated heterocycles. The minimum absolute atomic E-state index is 0. The van der Waals surface area contributed by atoms with Crippen molar-refractivity contribution in [2.75, 3.05) is 20.8 Å². The number of ether oxygens (including phenoxy) is 1. The molecule has 0 aliphatic rings. The summed E-state index contributed by atoms with van der Waals surface area (Å²) in [5.74, 6) is -0.335. The average molecular weight is 298 g/mol. The Bertz CT molecular complexity index is 127. The summed E-state index contributed by atoms with van der Waals surface area (Å²) in [7, 11) is 2.00.